The summed E-state index contributed by atoms with van der Waals surface area (Å²) in [4.78, 5) is 17.5. The van der Waals surface area contributed by atoms with E-state index in [1.807, 2.05) is 0 Å². The fraction of sp³-hybridized carbons (Fsp3) is 0.944. The van der Waals surface area contributed by atoms with Crippen LogP contribution < -0.4 is 5.73 Å². The standard InChI is InChI=1S/C18H33N3O.2ClH/c1-14-5-7-16(8-6-14)20-9-11-21(12-10-20)18(22)17-4-2-3-15(17)13-19;;/h14-17H,2-13,19H2,1H3;2*1H/t14?,15-,16?,17-;;/m1../s1. The van der Waals surface area contributed by atoms with Crippen LogP contribution in [-0.4, -0.2) is 54.5 Å². The van der Waals surface area contributed by atoms with Gasteiger partial charge >= 0.3 is 0 Å². The van der Waals surface area contributed by atoms with Gasteiger partial charge in [-0.2, -0.15) is 0 Å². The van der Waals surface area contributed by atoms with Gasteiger partial charge in [0, 0.05) is 38.1 Å². The van der Waals surface area contributed by atoms with E-state index in [0.717, 1.165) is 51.0 Å². The van der Waals surface area contributed by atoms with Gasteiger partial charge in [-0.15, -0.1) is 24.8 Å². The molecule has 2 saturated carbocycles. The minimum atomic E-state index is 0. The number of carbonyl (C=O) groups excluding carboxylic acids is 1. The molecular formula is C18H35Cl2N3O. The van der Waals surface area contributed by atoms with Crippen molar-refractivity contribution in [3.05, 3.63) is 0 Å². The Kier molecular flexibility index (Phi) is 9.35. The number of halogens is 2. The number of rotatable bonds is 3. The summed E-state index contributed by atoms with van der Waals surface area (Å²) in [5.74, 6) is 1.96. The van der Waals surface area contributed by atoms with E-state index >= 15 is 0 Å². The lowest BCUT2D eigenvalue weighted by atomic mass is 9.86. The summed E-state index contributed by atoms with van der Waals surface area (Å²) in [5, 5.41) is 0. The SMILES string of the molecule is CC1CCC(N2CCN(C(=O)[C@@H]3CCC[C@@H]3CN)CC2)CC1.Cl.Cl. The van der Waals surface area contributed by atoms with E-state index in [9.17, 15) is 4.79 Å². The Morgan fingerprint density at radius 1 is 0.958 bits per heavy atom. The van der Waals surface area contributed by atoms with Gasteiger partial charge in [0.2, 0.25) is 5.91 Å². The summed E-state index contributed by atoms with van der Waals surface area (Å²) >= 11 is 0. The van der Waals surface area contributed by atoms with Crippen molar-refractivity contribution in [2.45, 2.75) is 57.9 Å². The second kappa shape index (κ2) is 10.2. The lowest BCUT2D eigenvalue weighted by Crippen LogP contribution is -2.54. The van der Waals surface area contributed by atoms with Gasteiger partial charge in [-0.3, -0.25) is 9.69 Å². The normalized spacial score (nSPS) is 34.3. The molecule has 2 aliphatic carbocycles. The van der Waals surface area contributed by atoms with Gasteiger partial charge < -0.3 is 10.6 Å². The lowest BCUT2D eigenvalue weighted by molar-refractivity contribution is -0.138. The maximum Gasteiger partial charge on any atom is 0.226 e. The van der Waals surface area contributed by atoms with Gasteiger partial charge in [-0.1, -0.05) is 13.3 Å². The molecule has 3 fully saturated rings. The summed E-state index contributed by atoms with van der Waals surface area (Å²) in [5.41, 5.74) is 5.84. The monoisotopic (exact) mass is 379 g/mol. The molecule has 3 rings (SSSR count). The molecule has 2 atom stereocenters. The Labute approximate surface area is 159 Å². The fourth-order valence-corrected chi connectivity index (χ4v) is 4.79. The molecule has 1 saturated heterocycles. The van der Waals surface area contributed by atoms with Gasteiger partial charge in [-0.05, 0) is 56.9 Å². The largest absolute Gasteiger partial charge is 0.340 e. The van der Waals surface area contributed by atoms with Crippen LogP contribution in [0, 0.1) is 17.8 Å². The van der Waals surface area contributed by atoms with E-state index in [1.165, 1.54) is 32.1 Å². The molecule has 0 bridgehead atoms. The molecule has 0 aromatic rings. The minimum Gasteiger partial charge on any atom is -0.340 e. The van der Waals surface area contributed by atoms with Crippen LogP contribution in [0.1, 0.15) is 51.9 Å². The van der Waals surface area contributed by atoms with Crippen LogP contribution in [0.15, 0.2) is 0 Å². The first-order valence-corrected chi connectivity index (χ1v) is 9.42. The molecule has 1 amide bonds. The number of piperazine rings is 1. The van der Waals surface area contributed by atoms with Crippen LogP contribution in [0.4, 0.5) is 0 Å². The van der Waals surface area contributed by atoms with Crippen LogP contribution in [-0.2, 0) is 4.79 Å². The molecular weight excluding hydrogens is 345 g/mol. The third-order valence-corrected chi connectivity index (χ3v) is 6.41. The first-order chi connectivity index (χ1) is 10.7. The van der Waals surface area contributed by atoms with Gasteiger partial charge in [0.1, 0.15) is 0 Å². The fourth-order valence-electron chi connectivity index (χ4n) is 4.79. The molecule has 0 aromatic carbocycles. The zero-order valence-electron chi connectivity index (χ0n) is 15.0. The second-order valence-corrected chi connectivity index (χ2v) is 7.81. The highest BCUT2D eigenvalue weighted by atomic mass is 35.5. The smallest absolute Gasteiger partial charge is 0.226 e. The highest BCUT2D eigenvalue weighted by Crippen LogP contribution is 2.33. The predicted molar refractivity (Wildman–Crippen MR) is 104 cm³/mol. The van der Waals surface area contributed by atoms with E-state index in [-0.39, 0.29) is 30.7 Å². The average molecular weight is 380 g/mol. The quantitative estimate of drug-likeness (QED) is 0.819. The molecule has 1 aliphatic heterocycles. The predicted octanol–water partition coefficient (Wildman–Crippen LogP) is 2.93. The van der Waals surface area contributed by atoms with Crippen molar-refractivity contribution < 1.29 is 4.79 Å². The van der Waals surface area contributed by atoms with Crippen molar-refractivity contribution in [3.63, 3.8) is 0 Å². The highest BCUT2D eigenvalue weighted by Gasteiger charge is 2.36. The van der Waals surface area contributed by atoms with E-state index in [2.05, 4.69) is 16.7 Å². The maximum absolute atomic E-state index is 12.7. The molecule has 24 heavy (non-hydrogen) atoms. The number of nitrogens with zero attached hydrogens (tertiary/aromatic N) is 2. The van der Waals surface area contributed by atoms with E-state index in [0.29, 0.717) is 18.4 Å². The Balaban J connectivity index is 0.00000144. The van der Waals surface area contributed by atoms with Gasteiger partial charge in [0.25, 0.3) is 0 Å². The Bertz CT molecular complexity index is 380. The van der Waals surface area contributed by atoms with Crippen molar-refractivity contribution in [1.29, 1.82) is 0 Å². The van der Waals surface area contributed by atoms with Crippen LogP contribution >= 0.6 is 24.8 Å². The molecule has 0 radical (unpaired) electrons. The highest BCUT2D eigenvalue weighted by molar-refractivity contribution is 5.85. The van der Waals surface area contributed by atoms with Crippen molar-refractivity contribution in [3.8, 4) is 0 Å². The molecule has 2 N–H and O–H groups in total. The van der Waals surface area contributed by atoms with Crippen LogP contribution in [0.2, 0.25) is 0 Å². The Hall–Kier alpha value is -0.0300. The zero-order valence-corrected chi connectivity index (χ0v) is 16.6. The average Bonchev–Trinajstić information content (AvgIpc) is 3.04. The third kappa shape index (κ3) is 5.00. The van der Waals surface area contributed by atoms with Gasteiger partial charge in [0.15, 0.2) is 0 Å². The zero-order chi connectivity index (χ0) is 15.5. The number of amides is 1. The van der Waals surface area contributed by atoms with Crippen LogP contribution in [0.25, 0.3) is 0 Å². The molecule has 0 aromatic heterocycles. The molecule has 142 valence electrons. The summed E-state index contributed by atoms with van der Waals surface area (Å²) < 4.78 is 0. The van der Waals surface area contributed by atoms with Gasteiger partial charge in [-0.25, -0.2) is 0 Å². The molecule has 6 heteroatoms. The first kappa shape index (κ1) is 22.0. The van der Waals surface area contributed by atoms with Crippen molar-refractivity contribution in [2.24, 2.45) is 23.5 Å². The van der Waals surface area contributed by atoms with Crippen LogP contribution in [0.5, 0.6) is 0 Å². The molecule has 0 unspecified atom stereocenters. The van der Waals surface area contributed by atoms with E-state index in [4.69, 9.17) is 5.73 Å². The van der Waals surface area contributed by atoms with Crippen LogP contribution in [0.3, 0.4) is 0 Å². The number of hydrogen-bond donors (Lipinski definition) is 1. The lowest BCUT2D eigenvalue weighted by Gasteiger charge is -2.42. The van der Waals surface area contributed by atoms with E-state index in [1.54, 1.807) is 0 Å². The minimum absolute atomic E-state index is 0. The topological polar surface area (TPSA) is 49.6 Å². The third-order valence-electron chi connectivity index (χ3n) is 6.41. The number of hydrogen-bond acceptors (Lipinski definition) is 3. The molecule has 0 spiro atoms. The summed E-state index contributed by atoms with van der Waals surface area (Å²) in [7, 11) is 0. The Morgan fingerprint density at radius 2 is 1.58 bits per heavy atom. The molecule has 4 nitrogen and oxygen atoms in total. The van der Waals surface area contributed by atoms with Crippen molar-refractivity contribution in [1.82, 2.24) is 9.80 Å². The number of nitrogens with two attached hydrogens (primary N) is 1. The first-order valence-electron chi connectivity index (χ1n) is 9.42. The van der Waals surface area contributed by atoms with Crippen molar-refractivity contribution >= 4 is 30.7 Å². The van der Waals surface area contributed by atoms with E-state index < -0.39 is 0 Å². The second-order valence-electron chi connectivity index (χ2n) is 7.81. The molecule has 3 aliphatic rings. The van der Waals surface area contributed by atoms with Crippen molar-refractivity contribution in [2.75, 3.05) is 32.7 Å². The summed E-state index contributed by atoms with van der Waals surface area (Å²) in [6.07, 6.45) is 8.85. The van der Waals surface area contributed by atoms with Gasteiger partial charge in [0.05, 0.1) is 0 Å². The summed E-state index contributed by atoms with van der Waals surface area (Å²) in [6.45, 7) is 7.06. The molecule has 1 heterocycles. The summed E-state index contributed by atoms with van der Waals surface area (Å²) in [6, 6.07) is 0.775. The maximum atomic E-state index is 12.7. The number of carbonyl (C=O) groups is 1. The Morgan fingerprint density at radius 3 is 2.17 bits per heavy atom.